The van der Waals surface area contributed by atoms with E-state index in [0.29, 0.717) is 5.56 Å². The molecule has 1 N–H and O–H groups in total. The molecule has 0 unspecified atom stereocenters. The van der Waals surface area contributed by atoms with Gasteiger partial charge in [0.2, 0.25) is 0 Å². The van der Waals surface area contributed by atoms with Crippen molar-refractivity contribution in [3.63, 3.8) is 0 Å². The number of aromatic nitrogens is 3. The van der Waals surface area contributed by atoms with E-state index in [1.54, 1.807) is 6.20 Å². The lowest BCUT2D eigenvalue weighted by molar-refractivity contribution is 0.102. The minimum absolute atomic E-state index is 0.0784. The maximum absolute atomic E-state index is 12.7. The summed E-state index contributed by atoms with van der Waals surface area (Å²) in [6.45, 7) is 4.21. The Morgan fingerprint density at radius 1 is 1.26 bits per heavy atom. The monoisotopic (exact) mass is 306 g/mol. The highest BCUT2D eigenvalue weighted by Crippen LogP contribution is 2.45. The highest BCUT2D eigenvalue weighted by Gasteiger charge is 2.41. The number of nitrogens with zero attached hydrogens (tertiary/aromatic N) is 3. The lowest BCUT2D eigenvalue weighted by atomic mass is 10.2. The molecule has 0 spiro atoms. The first kappa shape index (κ1) is 13.9. The molecule has 0 aliphatic heterocycles. The highest BCUT2D eigenvalue weighted by molar-refractivity contribution is 6.12. The van der Waals surface area contributed by atoms with Crippen molar-refractivity contribution < 1.29 is 4.79 Å². The topological polar surface area (TPSA) is 59.8 Å². The minimum Gasteiger partial charge on any atom is -0.326 e. The van der Waals surface area contributed by atoms with E-state index in [1.807, 2.05) is 37.4 Å². The number of hydrogen-bond acceptors (Lipinski definition) is 3. The Morgan fingerprint density at radius 3 is 2.70 bits per heavy atom. The van der Waals surface area contributed by atoms with Gasteiger partial charge in [-0.05, 0) is 38.8 Å². The van der Waals surface area contributed by atoms with Gasteiger partial charge in [-0.1, -0.05) is 17.7 Å². The van der Waals surface area contributed by atoms with Gasteiger partial charge in [-0.2, -0.15) is 0 Å². The SMILES string of the molecule is Cc1ccc(NC(=O)c2cn(C3(C)CC3)c3ncncc23)cc1. The fourth-order valence-corrected chi connectivity index (χ4v) is 2.81. The zero-order chi connectivity index (χ0) is 16.0. The third kappa shape index (κ3) is 2.38. The average molecular weight is 306 g/mol. The highest BCUT2D eigenvalue weighted by atomic mass is 16.1. The fraction of sp³-hybridized carbons (Fsp3) is 0.278. The smallest absolute Gasteiger partial charge is 0.257 e. The van der Waals surface area contributed by atoms with E-state index in [-0.39, 0.29) is 11.4 Å². The van der Waals surface area contributed by atoms with Crippen molar-refractivity contribution in [1.82, 2.24) is 14.5 Å². The van der Waals surface area contributed by atoms with Crippen molar-refractivity contribution in [2.24, 2.45) is 0 Å². The van der Waals surface area contributed by atoms with E-state index in [1.165, 1.54) is 6.33 Å². The molecule has 1 aliphatic carbocycles. The predicted octanol–water partition coefficient (Wildman–Crippen LogP) is 3.50. The zero-order valence-electron chi connectivity index (χ0n) is 13.2. The van der Waals surface area contributed by atoms with E-state index in [0.717, 1.165) is 35.1 Å². The summed E-state index contributed by atoms with van der Waals surface area (Å²) in [5, 5.41) is 3.75. The van der Waals surface area contributed by atoms with E-state index in [2.05, 4.69) is 26.8 Å². The number of carbonyl (C=O) groups excluding carboxylic acids is 1. The standard InChI is InChI=1S/C18H18N4O/c1-12-3-5-13(6-4-12)21-17(23)15-10-22(18(2)7-8-18)16-14(15)9-19-11-20-16/h3-6,9-11H,7-8H2,1-2H3,(H,21,23). The lowest BCUT2D eigenvalue weighted by Gasteiger charge is -2.11. The van der Waals surface area contributed by atoms with Crippen molar-refractivity contribution in [2.75, 3.05) is 5.32 Å². The molecule has 23 heavy (non-hydrogen) atoms. The summed E-state index contributed by atoms with van der Waals surface area (Å²) in [5.74, 6) is -0.128. The Balaban J connectivity index is 1.73. The van der Waals surface area contributed by atoms with Crippen LogP contribution in [0.25, 0.3) is 11.0 Å². The molecular weight excluding hydrogens is 288 g/mol. The van der Waals surface area contributed by atoms with E-state index in [9.17, 15) is 4.79 Å². The predicted molar refractivity (Wildman–Crippen MR) is 89.5 cm³/mol. The second-order valence-electron chi connectivity index (χ2n) is 6.49. The Bertz CT molecular complexity index is 891. The fourth-order valence-electron chi connectivity index (χ4n) is 2.81. The Morgan fingerprint density at radius 2 is 2.00 bits per heavy atom. The number of benzene rings is 1. The summed E-state index contributed by atoms with van der Waals surface area (Å²) in [5.41, 5.74) is 3.48. The zero-order valence-corrected chi connectivity index (χ0v) is 13.2. The Hall–Kier alpha value is -2.69. The third-order valence-corrected chi connectivity index (χ3v) is 4.58. The number of amides is 1. The van der Waals surface area contributed by atoms with Crippen LogP contribution in [0.4, 0.5) is 5.69 Å². The summed E-state index contributed by atoms with van der Waals surface area (Å²) in [7, 11) is 0. The summed E-state index contributed by atoms with van der Waals surface area (Å²) < 4.78 is 2.12. The molecular formula is C18H18N4O. The van der Waals surface area contributed by atoms with Crippen molar-refractivity contribution in [3.05, 3.63) is 54.1 Å². The molecule has 0 radical (unpaired) electrons. The van der Waals surface area contributed by atoms with Crippen LogP contribution in [0, 0.1) is 6.92 Å². The largest absolute Gasteiger partial charge is 0.326 e. The van der Waals surface area contributed by atoms with Crippen LogP contribution in [0.5, 0.6) is 0 Å². The molecule has 0 bridgehead atoms. The van der Waals surface area contributed by atoms with E-state index in [4.69, 9.17) is 0 Å². The second-order valence-corrected chi connectivity index (χ2v) is 6.49. The van der Waals surface area contributed by atoms with Gasteiger partial charge in [0.1, 0.15) is 12.0 Å². The van der Waals surface area contributed by atoms with Crippen molar-refractivity contribution in [1.29, 1.82) is 0 Å². The molecule has 5 nitrogen and oxygen atoms in total. The molecule has 0 saturated heterocycles. The van der Waals surface area contributed by atoms with Gasteiger partial charge in [-0.3, -0.25) is 4.79 Å². The van der Waals surface area contributed by atoms with Crippen LogP contribution in [-0.2, 0) is 5.54 Å². The Kier molecular flexibility index (Phi) is 2.98. The molecule has 1 aromatic carbocycles. The van der Waals surface area contributed by atoms with Gasteiger partial charge in [-0.25, -0.2) is 9.97 Å². The van der Waals surface area contributed by atoms with E-state index >= 15 is 0 Å². The van der Waals surface area contributed by atoms with Gasteiger partial charge in [0.25, 0.3) is 5.91 Å². The van der Waals surface area contributed by atoms with Crippen LogP contribution in [0.1, 0.15) is 35.7 Å². The van der Waals surface area contributed by atoms with Crippen LogP contribution in [0.2, 0.25) is 0 Å². The van der Waals surface area contributed by atoms with Gasteiger partial charge in [0.05, 0.1) is 10.9 Å². The van der Waals surface area contributed by atoms with Crippen LogP contribution >= 0.6 is 0 Å². The van der Waals surface area contributed by atoms with Crippen LogP contribution in [-0.4, -0.2) is 20.4 Å². The second kappa shape index (κ2) is 4.91. The number of rotatable bonds is 3. The number of carbonyl (C=O) groups is 1. The molecule has 1 fully saturated rings. The maximum atomic E-state index is 12.7. The number of fused-ring (bicyclic) bond motifs is 1. The number of nitrogens with one attached hydrogen (secondary N) is 1. The van der Waals surface area contributed by atoms with Gasteiger partial charge in [0, 0.05) is 23.6 Å². The summed E-state index contributed by atoms with van der Waals surface area (Å²) in [4.78, 5) is 21.2. The van der Waals surface area contributed by atoms with Gasteiger partial charge in [-0.15, -0.1) is 0 Å². The van der Waals surface area contributed by atoms with Crippen LogP contribution < -0.4 is 5.32 Å². The first-order valence-corrected chi connectivity index (χ1v) is 7.76. The van der Waals surface area contributed by atoms with Gasteiger partial charge >= 0.3 is 0 Å². The van der Waals surface area contributed by atoms with Crippen molar-refractivity contribution >= 4 is 22.6 Å². The summed E-state index contributed by atoms with van der Waals surface area (Å²) in [6, 6.07) is 7.77. The normalized spacial score (nSPS) is 15.6. The lowest BCUT2D eigenvalue weighted by Crippen LogP contribution is -2.13. The molecule has 1 saturated carbocycles. The van der Waals surface area contributed by atoms with Crippen LogP contribution in [0.3, 0.4) is 0 Å². The van der Waals surface area contributed by atoms with Crippen LogP contribution in [0.15, 0.2) is 43.0 Å². The van der Waals surface area contributed by atoms with Gasteiger partial charge in [0.15, 0.2) is 0 Å². The molecule has 2 heterocycles. The average Bonchev–Trinajstić information content (AvgIpc) is 3.17. The molecule has 1 aliphatic rings. The van der Waals surface area contributed by atoms with Crippen molar-refractivity contribution in [2.45, 2.75) is 32.2 Å². The first-order chi connectivity index (χ1) is 11.1. The molecule has 1 amide bonds. The summed E-state index contributed by atoms with van der Waals surface area (Å²) >= 11 is 0. The number of hydrogen-bond donors (Lipinski definition) is 1. The molecule has 4 rings (SSSR count). The molecule has 3 aromatic rings. The van der Waals surface area contributed by atoms with Crippen molar-refractivity contribution in [3.8, 4) is 0 Å². The first-order valence-electron chi connectivity index (χ1n) is 7.76. The quantitative estimate of drug-likeness (QED) is 0.805. The minimum atomic E-state index is -0.128. The maximum Gasteiger partial charge on any atom is 0.257 e. The van der Waals surface area contributed by atoms with E-state index < -0.39 is 0 Å². The summed E-state index contributed by atoms with van der Waals surface area (Å²) in [6.07, 6.45) is 7.39. The molecule has 5 heteroatoms. The molecule has 2 aromatic heterocycles. The molecule has 116 valence electrons. The third-order valence-electron chi connectivity index (χ3n) is 4.58. The Labute approximate surface area is 134 Å². The van der Waals surface area contributed by atoms with Gasteiger partial charge < -0.3 is 9.88 Å². The number of aryl methyl sites for hydroxylation is 1. The molecule has 0 atom stereocenters. The number of anilines is 1.